The minimum Gasteiger partial charge on any atom is -0.480 e. The van der Waals surface area contributed by atoms with Crippen LogP contribution in [0.5, 0.6) is 0 Å². The lowest BCUT2D eigenvalue weighted by Gasteiger charge is -2.17. The van der Waals surface area contributed by atoms with Gasteiger partial charge in [0.2, 0.25) is 5.91 Å². The molecule has 1 atom stereocenters. The third-order valence-electron chi connectivity index (χ3n) is 4.23. The molecule has 2 N–H and O–H groups in total. The van der Waals surface area contributed by atoms with Gasteiger partial charge in [0.25, 0.3) is 5.91 Å². The van der Waals surface area contributed by atoms with E-state index in [1.54, 1.807) is 6.08 Å². The summed E-state index contributed by atoms with van der Waals surface area (Å²) in [6.07, 6.45) is 5.97. The summed E-state index contributed by atoms with van der Waals surface area (Å²) < 4.78 is 0.392. The van der Waals surface area contributed by atoms with E-state index in [1.807, 2.05) is 49.6 Å². The average molecular weight is 465 g/mol. The number of thiocarbonyl (C=S) groups is 1. The first-order chi connectivity index (χ1) is 14.3. The van der Waals surface area contributed by atoms with Gasteiger partial charge in [-0.1, -0.05) is 60.4 Å². The van der Waals surface area contributed by atoms with Crippen molar-refractivity contribution in [3.63, 3.8) is 0 Å². The molecule has 1 heterocycles. The molecule has 0 bridgehead atoms. The van der Waals surface area contributed by atoms with Gasteiger partial charge in [-0.2, -0.15) is 11.8 Å². The van der Waals surface area contributed by atoms with Crippen molar-refractivity contribution in [3.05, 3.63) is 52.4 Å². The van der Waals surface area contributed by atoms with Crippen LogP contribution in [0.2, 0.25) is 0 Å². The fourth-order valence-corrected chi connectivity index (χ4v) is 4.56. The number of hydrogen-bond donors (Lipinski definition) is 2. The second-order valence-corrected chi connectivity index (χ2v) is 9.28. The Hall–Kier alpha value is -2.10. The molecule has 0 aromatic heterocycles. The predicted molar refractivity (Wildman–Crippen MR) is 127 cm³/mol. The van der Waals surface area contributed by atoms with Crippen molar-refractivity contribution in [2.24, 2.45) is 0 Å². The zero-order valence-corrected chi connectivity index (χ0v) is 19.2. The molecule has 1 fully saturated rings. The predicted octanol–water partition coefficient (Wildman–Crippen LogP) is 3.55. The number of hydrogen-bond acceptors (Lipinski definition) is 6. The Morgan fingerprint density at radius 1 is 1.33 bits per heavy atom. The molecular formula is C21H24N2O4S3. The maximum absolute atomic E-state index is 12.7. The van der Waals surface area contributed by atoms with Crippen molar-refractivity contribution < 1.29 is 19.5 Å². The van der Waals surface area contributed by atoms with Gasteiger partial charge in [0.1, 0.15) is 10.4 Å². The van der Waals surface area contributed by atoms with Crippen LogP contribution in [0.25, 0.3) is 6.08 Å². The first kappa shape index (κ1) is 24.2. The minimum absolute atomic E-state index is 0.0123. The first-order valence-corrected chi connectivity index (χ1v) is 11.9. The topological polar surface area (TPSA) is 86.7 Å². The Balaban J connectivity index is 1.95. The highest BCUT2D eigenvalue weighted by molar-refractivity contribution is 8.26. The molecule has 0 spiro atoms. The number of allylic oxidation sites excluding steroid dienone is 2. The summed E-state index contributed by atoms with van der Waals surface area (Å²) >= 11 is 8.01. The third kappa shape index (κ3) is 7.30. The van der Waals surface area contributed by atoms with Gasteiger partial charge < -0.3 is 10.4 Å². The average Bonchev–Trinajstić information content (AvgIpc) is 2.96. The molecule has 6 nitrogen and oxygen atoms in total. The van der Waals surface area contributed by atoms with Crippen LogP contribution in [0.1, 0.15) is 25.3 Å². The summed E-state index contributed by atoms with van der Waals surface area (Å²) in [6.45, 7) is 2.03. The van der Waals surface area contributed by atoms with Gasteiger partial charge in [-0.15, -0.1) is 0 Å². The van der Waals surface area contributed by atoms with Gasteiger partial charge in [0, 0.05) is 13.0 Å². The van der Waals surface area contributed by atoms with Gasteiger partial charge in [0.05, 0.1) is 4.91 Å². The zero-order chi connectivity index (χ0) is 22.1. The smallest absolute Gasteiger partial charge is 0.326 e. The normalized spacial score (nSPS) is 16.8. The highest BCUT2D eigenvalue weighted by Gasteiger charge is 2.32. The van der Waals surface area contributed by atoms with Crippen molar-refractivity contribution in [3.8, 4) is 0 Å². The van der Waals surface area contributed by atoms with E-state index >= 15 is 0 Å². The summed E-state index contributed by atoms with van der Waals surface area (Å²) in [5.41, 5.74) is 1.95. The second kappa shape index (κ2) is 11.9. The van der Waals surface area contributed by atoms with Crippen molar-refractivity contribution in [1.82, 2.24) is 10.2 Å². The van der Waals surface area contributed by atoms with Gasteiger partial charge in [-0.3, -0.25) is 14.5 Å². The number of rotatable bonds is 10. The molecule has 160 valence electrons. The van der Waals surface area contributed by atoms with Crippen LogP contribution in [0.3, 0.4) is 0 Å². The van der Waals surface area contributed by atoms with Gasteiger partial charge in [-0.05, 0) is 42.6 Å². The van der Waals surface area contributed by atoms with Crippen LogP contribution >= 0.6 is 35.7 Å². The summed E-state index contributed by atoms with van der Waals surface area (Å²) in [5, 5.41) is 11.7. The molecule has 1 aromatic carbocycles. The number of thioether (sulfide) groups is 2. The van der Waals surface area contributed by atoms with Crippen LogP contribution in [-0.4, -0.2) is 56.7 Å². The molecule has 1 aromatic rings. The van der Waals surface area contributed by atoms with Gasteiger partial charge >= 0.3 is 5.97 Å². The number of amides is 2. The largest absolute Gasteiger partial charge is 0.480 e. The number of aliphatic carboxylic acids is 1. The molecule has 1 saturated heterocycles. The molecule has 9 heteroatoms. The lowest BCUT2D eigenvalue weighted by atomic mass is 10.1. The van der Waals surface area contributed by atoms with Crippen molar-refractivity contribution in [2.45, 2.75) is 25.8 Å². The van der Waals surface area contributed by atoms with E-state index in [4.69, 9.17) is 12.2 Å². The molecule has 1 aliphatic heterocycles. The number of nitrogens with zero attached hydrogens (tertiary/aromatic N) is 1. The SMILES string of the molecule is CSCCC(NC(=O)CCN1C(=O)/C(=C\C(C)=C\c2ccccc2)SC1=S)C(=O)O. The highest BCUT2D eigenvalue weighted by atomic mass is 32.2. The van der Waals surface area contributed by atoms with Crippen molar-refractivity contribution in [2.75, 3.05) is 18.6 Å². The van der Waals surface area contributed by atoms with Crippen molar-refractivity contribution >= 4 is 63.9 Å². The standard InChI is InChI=1S/C21H24N2O4S3/c1-14(12-15-6-4-3-5-7-15)13-17-19(25)23(21(28)30-17)10-8-18(24)22-16(20(26)27)9-11-29-2/h3-7,12-13,16H,8-11H2,1-2H3,(H,22,24)(H,26,27)/b14-12+,17-13+. The molecule has 0 saturated carbocycles. The Labute approximate surface area is 190 Å². The Kier molecular flexibility index (Phi) is 9.61. The number of carboxylic acid groups (broad SMARTS) is 1. The van der Waals surface area contributed by atoms with Crippen LogP contribution in [-0.2, 0) is 14.4 Å². The summed E-state index contributed by atoms with van der Waals surface area (Å²) in [7, 11) is 0. The van der Waals surface area contributed by atoms with E-state index < -0.39 is 17.9 Å². The Bertz CT molecular complexity index is 868. The van der Waals surface area contributed by atoms with Crippen LogP contribution in [0.4, 0.5) is 0 Å². The first-order valence-electron chi connectivity index (χ1n) is 9.31. The van der Waals surface area contributed by atoms with Gasteiger partial charge in [0.15, 0.2) is 0 Å². The highest BCUT2D eigenvalue weighted by Crippen LogP contribution is 2.32. The molecule has 2 amide bonds. The van der Waals surface area contributed by atoms with E-state index in [0.29, 0.717) is 21.4 Å². The summed E-state index contributed by atoms with van der Waals surface area (Å²) in [4.78, 5) is 38.0. The van der Waals surface area contributed by atoms with E-state index in [0.717, 1.165) is 11.1 Å². The number of benzene rings is 1. The quantitative estimate of drug-likeness (QED) is 0.404. The van der Waals surface area contributed by atoms with E-state index in [2.05, 4.69) is 5.32 Å². The molecular weight excluding hydrogens is 440 g/mol. The lowest BCUT2D eigenvalue weighted by molar-refractivity contribution is -0.142. The minimum atomic E-state index is -1.06. The van der Waals surface area contributed by atoms with Gasteiger partial charge in [-0.25, -0.2) is 4.79 Å². The third-order valence-corrected chi connectivity index (χ3v) is 6.25. The maximum atomic E-state index is 12.7. The maximum Gasteiger partial charge on any atom is 0.326 e. The number of carbonyl (C=O) groups is 3. The molecule has 30 heavy (non-hydrogen) atoms. The molecule has 1 aliphatic rings. The van der Waals surface area contributed by atoms with E-state index in [9.17, 15) is 19.5 Å². The zero-order valence-electron chi connectivity index (χ0n) is 16.8. The fourth-order valence-electron chi connectivity index (χ4n) is 2.73. The number of nitrogens with one attached hydrogen (secondary N) is 1. The fraction of sp³-hybridized carbons (Fsp3) is 0.333. The molecule has 0 radical (unpaired) electrons. The second-order valence-electron chi connectivity index (χ2n) is 6.62. The monoisotopic (exact) mass is 464 g/mol. The molecule has 1 unspecified atom stereocenters. The molecule has 2 rings (SSSR count). The lowest BCUT2D eigenvalue weighted by Crippen LogP contribution is -2.42. The van der Waals surface area contributed by atoms with Crippen molar-refractivity contribution in [1.29, 1.82) is 0 Å². The summed E-state index contributed by atoms with van der Waals surface area (Å²) in [5.74, 6) is -1.09. The van der Waals surface area contributed by atoms with E-state index in [-0.39, 0.29) is 18.9 Å². The van der Waals surface area contributed by atoms with Crippen LogP contribution in [0, 0.1) is 0 Å². The Morgan fingerprint density at radius 2 is 2.03 bits per heavy atom. The van der Waals surface area contributed by atoms with Crippen LogP contribution in [0.15, 0.2) is 46.9 Å². The van der Waals surface area contributed by atoms with Crippen LogP contribution < -0.4 is 5.32 Å². The Morgan fingerprint density at radius 3 is 2.67 bits per heavy atom. The van der Waals surface area contributed by atoms with E-state index in [1.165, 1.54) is 28.4 Å². The molecule has 0 aliphatic carbocycles. The summed E-state index contributed by atoms with van der Waals surface area (Å²) in [6, 6.07) is 8.85. The number of carboxylic acids is 1. The number of carbonyl (C=O) groups excluding carboxylic acids is 2.